The van der Waals surface area contributed by atoms with Crippen LogP contribution in [0.3, 0.4) is 0 Å². The summed E-state index contributed by atoms with van der Waals surface area (Å²) in [5.41, 5.74) is 0.853. The van der Waals surface area contributed by atoms with Crippen molar-refractivity contribution in [2.75, 3.05) is 13.1 Å². The Bertz CT molecular complexity index is 263. The lowest BCUT2D eigenvalue weighted by Crippen LogP contribution is -2.43. The van der Waals surface area contributed by atoms with Crippen LogP contribution < -0.4 is 0 Å². The first-order valence-corrected chi connectivity index (χ1v) is 5.31. The number of carbonyl (C=O) groups is 1. The molecule has 1 heterocycles. The van der Waals surface area contributed by atoms with Crippen LogP contribution in [0, 0.1) is 0 Å². The quantitative estimate of drug-likeness (QED) is 0.683. The normalized spacial score (nSPS) is 29.1. The van der Waals surface area contributed by atoms with E-state index in [1.165, 1.54) is 6.08 Å². The lowest BCUT2D eigenvalue weighted by atomic mass is 10.0. The molecule has 1 fully saturated rings. The molecule has 1 saturated heterocycles. The van der Waals surface area contributed by atoms with Crippen molar-refractivity contribution in [3.05, 3.63) is 11.6 Å². The molecule has 2 N–H and O–H groups in total. The van der Waals surface area contributed by atoms with E-state index < -0.39 is 5.97 Å². The van der Waals surface area contributed by atoms with Gasteiger partial charge < -0.3 is 10.2 Å². The first-order chi connectivity index (χ1) is 6.99. The van der Waals surface area contributed by atoms with Gasteiger partial charge in [-0.15, -0.1) is 0 Å². The zero-order valence-electron chi connectivity index (χ0n) is 9.31. The molecular formula is C11H19NO3. The molecule has 0 spiro atoms. The average Bonchev–Trinajstić information content (AvgIpc) is 2.08. The smallest absolute Gasteiger partial charge is 0.328 e. The highest BCUT2D eigenvalue weighted by Gasteiger charge is 2.23. The Morgan fingerprint density at radius 2 is 2.27 bits per heavy atom. The van der Waals surface area contributed by atoms with E-state index in [9.17, 15) is 9.90 Å². The summed E-state index contributed by atoms with van der Waals surface area (Å²) < 4.78 is 0. The van der Waals surface area contributed by atoms with Crippen LogP contribution in [0.1, 0.15) is 26.7 Å². The van der Waals surface area contributed by atoms with Gasteiger partial charge in [-0.3, -0.25) is 4.90 Å². The van der Waals surface area contributed by atoms with Crippen LogP contribution in [0.25, 0.3) is 0 Å². The molecule has 0 amide bonds. The maximum absolute atomic E-state index is 10.5. The Hall–Kier alpha value is -0.870. The van der Waals surface area contributed by atoms with Crippen molar-refractivity contribution in [2.45, 2.75) is 38.8 Å². The van der Waals surface area contributed by atoms with Gasteiger partial charge in [0.15, 0.2) is 0 Å². The van der Waals surface area contributed by atoms with Crippen LogP contribution >= 0.6 is 0 Å². The van der Waals surface area contributed by atoms with Crippen LogP contribution in [0.2, 0.25) is 0 Å². The molecule has 1 aliphatic rings. The summed E-state index contributed by atoms with van der Waals surface area (Å²) in [4.78, 5) is 12.7. The number of hydrogen-bond donors (Lipinski definition) is 2. The molecule has 0 saturated carbocycles. The monoisotopic (exact) mass is 213 g/mol. The molecule has 1 rings (SSSR count). The molecule has 15 heavy (non-hydrogen) atoms. The van der Waals surface area contributed by atoms with Crippen molar-refractivity contribution in [1.82, 2.24) is 4.90 Å². The Morgan fingerprint density at radius 1 is 1.60 bits per heavy atom. The molecular weight excluding hydrogens is 194 g/mol. The second kappa shape index (κ2) is 5.28. The number of hydrogen-bond acceptors (Lipinski definition) is 3. The van der Waals surface area contributed by atoms with Crippen LogP contribution in [0.5, 0.6) is 0 Å². The van der Waals surface area contributed by atoms with E-state index in [-0.39, 0.29) is 6.10 Å². The summed E-state index contributed by atoms with van der Waals surface area (Å²) in [5, 5.41) is 18.0. The van der Waals surface area contributed by atoms with Gasteiger partial charge in [-0.05, 0) is 26.7 Å². The zero-order valence-corrected chi connectivity index (χ0v) is 9.31. The fraction of sp³-hybridized carbons (Fsp3) is 0.727. The number of carboxylic acid groups (broad SMARTS) is 1. The van der Waals surface area contributed by atoms with Gasteiger partial charge >= 0.3 is 5.97 Å². The minimum atomic E-state index is -0.891. The van der Waals surface area contributed by atoms with Gasteiger partial charge in [0, 0.05) is 25.2 Å². The Kier molecular flexibility index (Phi) is 4.29. The first kappa shape index (κ1) is 12.2. The minimum Gasteiger partial charge on any atom is -0.478 e. The second-order valence-electron chi connectivity index (χ2n) is 4.33. The SMILES string of the molecule is CC(=CC(=O)O)CN1CCC(O)CC1C. The predicted octanol–water partition coefficient (Wildman–Crippen LogP) is 0.863. The van der Waals surface area contributed by atoms with Gasteiger partial charge in [0.25, 0.3) is 0 Å². The molecule has 0 aromatic carbocycles. The maximum atomic E-state index is 10.5. The Balaban J connectivity index is 2.48. The third kappa shape index (κ3) is 4.01. The fourth-order valence-corrected chi connectivity index (χ4v) is 2.01. The first-order valence-electron chi connectivity index (χ1n) is 5.31. The molecule has 0 aliphatic carbocycles. The Labute approximate surface area is 90.2 Å². The third-order valence-corrected chi connectivity index (χ3v) is 2.81. The summed E-state index contributed by atoms with van der Waals surface area (Å²) in [5.74, 6) is -0.891. The van der Waals surface area contributed by atoms with Crippen molar-refractivity contribution >= 4 is 5.97 Å². The molecule has 0 aromatic rings. The highest BCUT2D eigenvalue weighted by molar-refractivity contribution is 5.80. The summed E-state index contributed by atoms with van der Waals surface area (Å²) in [6, 6.07) is 0.325. The van der Waals surface area contributed by atoms with Crippen molar-refractivity contribution < 1.29 is 15.0 Å². The minimum absolute atomic E-state index is 0.194. The molecule has 0 bridgehead atoms. The molecule has 2 atom stereocenters. The van der Waals surface area contributed by atoms with Crippen LogP contribution in [-0.2, 0) is 4.79 Å². The third-order valence-electron chi connectivity index (χ3n) is 2.81. The number of aliphatic hydroxyl groups excluding tert-OH is 1. The summed E-state index contributed by atoms with van der Waals surface area (Å²) in [6.07, 6.45) is 2.61. The largest absolute Gasteiger partial charge is 0.478 e. The lowest BCUT2D eigenvalue weighted by Gasteiger charge is -2.35. The fourth-order valence-electron chi connectivity index (χ4n) is 2.01. The topological polar surface area (TPSA) is 60.8 Å². The summed E-state index contributed by atoms with van der Waals surface area (Å²) in [6.45, 7) is 5.41. The van der Waals surface area contributed by atoms with Crippen LogP contribution in [0.4, 0.5) is 0 Å². The average molecular weight is 213 g/mol. The van der Waals surface area contributed by atoms with Crippen LogP contribution in [0.15, 0.2) is 11.6 Å². The number of piperidine rings is 1. The molecule has 86 valence electrons. The van der Waals surface area contributed by atoms with Gasteiger partial charge in [0.05, 0.1) is 6.10 Å². The van der Waals surface area contributed by atoms with E-state index in [0.717, 1.165) is 25.0 Å². The maximum Gasteiger partial charge on any atom is 0.328 e. The van der Waals surface area contributed by atoms with E-state index in [4.69, 9.17) is 5.11 Å². The Morgan fingerprint density at radius 3 is 2.80 bits per heavy atom. The van der Waals surface area contributed by atoms with E-state index in [1.807, 2.05) is 6.92 Å². The number of nitrogens with zero attached hydrogens (tertiary/aromatic N) is 1. The number of aliphatic hydroxyl groups is 1. The molecule has 4 nitrogen and oxygen atoms in total. The van der Waals surface area contributed by atoms with E-state index in [2.05, 4.69) is 11.8 Å². The molecule has 2 unspecified atom stereocenters. The van der Waals surface area contributed by atoms with Gasteiger partial charge in [-0.25, -0.2) is 4.79 Å². The molecule has 0 radical (unpaired) electrons. The molecule has 4 heteroatoms. The van der Waals surface area contributed by atoms with Gasteiger partial charge in [-0.2, -0.15) is 0 Å². The number of aliphatic carboxylic acids is 1. The van der Waals surface area contributed by atoms with E-state index >= 15 is 0 Å². The van der Waals surface area contributed by atoms with Crippen LogP contribution in [-0.4, -0.2) is 46.3 Å². The van der Waals surface area contributed by atoms with Gasteiger partial charge in [0.1, 0.15) is 0 Å². The lowest BCUT2D eigenvalue weighted by molar-refractivity contribution is -0.131. The van der Waals surface area contributed by atoms with Gasteiger partial charge in [-0.1, -0.05) is 5.57 Å². The van der Waals surface area contributed by atoms with E-state index in [1.54, 1.807) is 0 Å². The highest BCUT2D eigenvalue weighted by Crippen LogP contribution is 2.18. The summed E-state index contributed by atoms with van der Waals surface area (Å²) in [7, 11) is 0. The van der Waals surface area contributed by atoms with Crippen molar-refractivity contribution in [1.29, 1.82) is 0 Å². The van der Waals surface area contributed by atoms with E-state index in [0.29, 0.717) is 12.6 Å². The molecule has 0 aromatic heterocycles. The van der Waals surface area contributed by atoms with Crippen molar-refractivity contribution in [2.24, 2.45) is 0 Å². The van der Waals surface area contributed by atoms with Gasteiger partial charge in [0.2, 0.25) is 0 Å². The standard InChI is InChI=1S/C11H19NO3/c1-8(5-11(14)15)7-12-4-3-10(13)6-9(12)2/h5,9-10,13H,3-4,6-7H2,1-2H3,(H,14,15). The van der Waals surface area contributed by atoms with Crippen molar-refractivity contribution in [3.63, 3.8) is 0 Å². The number of rotatable bonds is 3. The predicted molar refractivity (Wildman–Crippen MR) is 57.7 cm³/mol. The number of carboxylic acids is 1. The molecule has 1 aliphatic heterocycles. The zero-order chi connectivity index (χ0) is 11.4. The highest BCUT2D eigenvalue weighted by atomic mass is 16.4. The number of likely N-dealkylation sites (tertiary alicyclic amines) is 1. The van der Waals surface area contributed by atoms with Crippen molar-refractivity contribution in [3.8, 4) is 0 Å². The summed E-state index contributed by atoms with van der Waals surface area (Å²) >= 11 is 0. The second-order valence-corrected chi connectivity index (χ2v) is 4.33.